The van der Waals surface area contributed by atoms with E-state index in [0.29, 0.717) is 11.3 Å². The Balaban J connectivity index is 1.86. The molecule has 3 rings (SSSR count). The van der Waals surface area contributed by atoms with Gasteiger partial charge in [0.1, 0.15) is 17.0 Å². The van der Waals surface area contributed by atoms with Crippen molar-refractivity contribution in [2.45, 2.75) is 6.18 Å². The summed E-state index contributed by atoms with van der Waals surface area (Å²) < 4.78 is 44.0. The van der Waals surface area contributed by atoms with Crippen molar-refractivity contribution in [3.05, 3.63) is 36.3 Å². The summed E-state index contributed by atoms with van der Waals surface area (Å²) >= 11 is 0. The summed E-state index contributed by atoms with van der Waals surface area (Å²) in [5.74, 6) is -0.276. The van der Waals surface area contributed by atoms with Gasteiger partial charge in [0.2, 0.25) is 5.95 Å². The normalized spacial score (nSPS) is 11.7. The molecule has 0 amide bonds. The number of alkyl halides is 3. The highest BCUT2D eigenvalue weighted by atomic mass is 19.4. The number of rotatable bonds is 6. The van der Waals surface area contributed by atoms with Gasteiger partial charge in [-0.3, -0.25) is 0 Å². The highest BCUT2D eigenvalue weighted by Gasteiger charge is 2.35. The van der Waals surface area contributed by atoms with Crippen LogP contribution >= 0.6 is 0 Å². The van der Waals surface area contributed by atoms with Gasteiger partial charge in [-0.15, -0.1) is 0 Å². The first kappa shape index (κ1) is 17.0. The van der Waals surface area contributed by atoms with Crippen LogP contribution in [0.25, 0.3) is 11.0 Å². The van der Waals surface area contributed by atoms with Gasteiger partial charge in [-0.05, 0) is 12.1 Å². The minimum absolute atomic E-state index is 0.0320. The smallest absolute Gasteiger partial charge is 0.383 e. The Kier molecular flexibility index (Phi) is 4.70. The highest BCUT2D eigenvalue weighted by molar-refractivity contribution is 5.79. The fourth-order valence-electron chi connectivity index (χ4n) is 2.19. The molecule has 0 saturated carbocycles. The van der Waals surface area contributed by atoms with Crippen LogP contribution in [0.15, 0.2) is 30.7 Å². The number of aromatic amines is 1. The van der Waals surface area contributed by atoms with Crippen LogP contribution in [0.4, 0.5) is 30.6 Å². The number of hydrogen-bond donors (Lipinski definition) is 3. The van der Waals surface area contributed by atoms with Crippen molar-refractivity contribution >= 4 is 28.5 Å². The number of hydrogen-bond acceptors (Lipinski definition) is 6. The van der Waals surface area contributed by atoms with E-state index in [-0.39, 0.29) is 24.9 Å². The molecule has 3 aromatic heterocycles. The zero-order chi connectivity index (χ0) is 17.9. The fourth-order valence-corrected chi connectivity index (χ4v) is 2.19. The van der Waals surface area contributed by atoms with E-state index in [1.54, 1.807) is 12.3 Å². The largest absolute Gasteiger partial charge is 0.421 e. The summed E-state index contributed by atoms with van der Waals surface area (Å²) in [4.78, 5) is 14.8. The van der Waals surface area contributed by atoms with Gasteiger partial charge in [-0.2, -0.15) is 18.2 Å². The van der Waals surface area contributed by atoms with Crippen molar-refractivity contribution in [2.75, 3.05) is 30.9 Å². The molecule has 7 nitrogen and oxygen atoms in total. The fraction of sp³-hybridized carbons (Fsp3) is 0.267. The summed E-state index contributed by atoms with van der Waals surface area (Å²) in [6, 6.07) is 3.62. The summed E-state index contributed by atoms with van der Waals surface area (Å²) in [6.45, 7) is 0.436. The van der Waals surface area contributed by atoms with Crippen LogP contribution in [0.5, 0.6) is 0 Å². The second kappa shape index (κ2) is 6.93. The van der Waals surface area contributed by atoms with Crippen LogP contribution in [-0.4, -0.2) is 40.2 Å². The number of halogens is 3. The van der Waals surface area contributed by atoms with Crippen molar-refractivity contribution in [1.29, 1.82) is 0 Å². The topological polar surface area (TPSA) is 87.8 Å². The summed E-state index contributed by atoms with van der Waals surface area (Å²) in [7, 11) is 1.46. The quantitative estimate of drug-likeness (QED) is 0.591. The first-order valence-corrected chi connectivity index (χ1v) is 7.34. The monoisotopic (exact) mass is 352 g/mol. The number of ether oxygens (including phenoxy) is 1. The van der Waals surface area contributed by atoms with Crippen LogP contribution in [0.1, 0.15) is 5.56 Å². The Morgan fingerprint density at radius 3 is 2.84 bits per heavy atom. The number of aromatic nitrogens is 4. The van der Waals surface area contributed by atoms with Crippen molar-refractivity contribution in [3.63, 3.8) is 0 Å². The van der Waals surface area contributed by atoms with E-state index < -0.39 is 11.7 Å². The predicted octanol–water partition coefficient (Wildman–Crippen LogP) is 3.17. The van der Waals surface area contributed by atoms with Crippen molar-refractivity contribution < 1.29 is 17.9 Å². The van der Waals surface area contributed by atoms with Crippen LogP contribution in [-0.2, 0) is 10.9 Å². The number of nitrogens with zero attached hydrogens (tertiary/aromatic N) is 3. The average Bonchev–Trinajstić information content (AvgIpc) is 3.02. The molecule has 10 heteroatoms. The molecule has 3 heterocycles. The van der Waals surface area contributed by atoms with Gasteiger partial charge >= 0.3 is 6.18 Å². The molecular weight excluding hydrogens is 337 g/mol. The maximum absolute atomic E-state index is 13.1. The van der Waals surface area contributed by atoms with E-state index >= 15 is 0 Å². The number of anilines is 3. The summed E-state index contributed by atoms with van der Waals surface area (Å²) in [5, 5.41) is 6.33. The summed E-state index contributed by atoms with van der Waals surface area (Å²) in [5.41, 5.74) is 0.337. The van der Waals surface area contributed by atoms with Crippen molar-refractivity contribution in [2.24, 2.45) is 0 Å². The molecule has 0 aliphatic heterocycles. The van der Waals surface area contributed by atoms with Crippen molar-refractivity contribution in [3.8, 4) is 0 Å². The molecule has 0 spiro atoms. The van der Waals surface area contributed by atoms with Crippen LogP contribution < -0.4 is 10.6 Å². The third kappa shape index (κ3) is 3.97. The van der Waals surface area contributed by atoms with E-state index in [1.807, 2.05) is 6.07 Å². The third-order valence-corrected chi connectivity index (χ3v) is 3.35. The molecule has 0 aliphatic rings. The first-order chi connectivity index (χ1) is 12.0. The molecule has 0 atom stereocenters. The standard InChI is InChI=1S/C15H15F3N6O/c1-25-5-4-20-13-11(15(16,17)18)8-22-14(24-13)23-10-6-9-2-3-19-12(9)21-7-10/h2-3,6-8H,4-5H2,1H3,(H,19,21)(H2,20,22,23,24). The molecule has 3 aromatic rings. The number of fused-ring (bicyclic) bond motifs is 1. The third-order valence-electron chi connectivity index (χ3n) is 3.35. The average molecular weight is 352 g/mol. The lowest BCUT2D eigenvalue weighted by Crippen LogP contribution is -2.16. The molecule has 0 radical (unpaired) electrons. The zero-order valence-electron chi connectivity index (χ0n) is 13.2. The van der Waals surface area contributed by atoms with Crippen LogP contribution in [0.3, 0.4) is 0 Å². The van der Waals surface area contributed by atoms with Crippen LogP contribution in [0, 0.1) is 0 Å². The molecule has 0 unspecified atom stereocenters. The maximum Gasteiger partial charge on any atom is 0.421 e. The Labute approximate surface area is 140 Å². The zero-order valence-corrected chi connectivity index (χ0v) is 13.2. The van der Waals surface area contributed by atoms with Gasteiger partial charge in [-0.1, -0.05) is 0 Å². The minimum Gasteiger partial charge on any atom is -0.383 e. The molecule has 0 saturated heterocycles. The summed E-state index contributed by atoms with van der Waals surface area (Å²) in [6.07, 6.45) is -0.530. The highest BCUT2D eigenvalue weighted by Crippen LogP contribution is 2.34. The molecule has 132 valence electrons. The molecule has 0 bridgehead atoms. The molecule has 25 heavy (non-hydrogen) atoms. The maximum atomic E-state index is 13.1. The van der Waals surface area contributed by atoms with Gasteiger partial charge in [0.05, 0.1) is 18.5 Å². The van der Waals surface area contributed by atoms with Crippen molar-refractivity contribution in [1.82, 2.24) is 19.9 Å². The van der Waals surface area contributed by atoms with E-state index in [2.05, 4.69) is 30.6 Å². The number of H-pyrrole nitrogens is 1. The lowest BCUT2D eigenvalue weighted by Gasteiger charge is -2.14. The molecule has 3 N–H and O–H groups in total. The van der Waals surface area contributed by atoms with E-state index in [0.717, 1.165) is 11.6 Å². The SMILES string of the molecule is COCCNc1nc(Nc2cnc3[nH]ccc3c2)ncc1C(F)(F)F. The lowest BCUT2D eigenvalue weighted by molar-refractivity contribution is -0.137. The Hall–Kier alpha value is -2.88. The predicted molar refractivity (Wildman–Crippen MR) is 86.8 cm³/mol. The number of pyridine rings is 1. The van der Waals surface area contributed by atoms with Gasteiger partial charge in [0.25, 0.3) is 0 Å². The van der Waals surface area contributed by atoms with Crippen LogP contribution in [0.2, 0.25) is 0 Å². The Morgan fingerprint density at radius 1 is 1.24 bits per heavy atom. The number of methoxy groups -OCH3 is 1. The molecule has 0 aliphatic carbocycles. The van der Waals surface area contributed by atoms with Gasteiger partial charge in [-0.25, -0.2) is 9.97 Å². The first-order valence-electron chi connectivity index (χ1n) is 7.34. The lowest BCUT2D eigenvalue weighted by atomic mass is 10.3. The van der Waals surface area contributed by atoms with E-state index in [4.69, 9.17) is 4.74 Å². The second-order valence-electron chi connectivity index (χ2n) is 5.14. The van der Waals surface area contributed by atoms with Gasteiger partial charge in [0.15, 0.2) is 0 Å². The molecule has 0 aromatic carbocycles. The van der Waals surface area contributed by atoms with E-state index in [9.17, 15) is 13.2 Å². The Bertz CT molecular complexity index is 864. The molecular formula is C15H15F3N6O. The second-order valence-corrected chi connectivity index (χ2v) is 5.14. The number of nitrogens with one attached hydrogen (secondary N) is 3. The minimum atomic E-state index is -4.56. The van der Waals surface area contributed by atoms with Gasteiger partial charge in [0, 0.05) is 31.4 Å². The Morgan fingerprint density at radius 2 is 2.08 bits per heavy atom. The van der Waals surface area contributed by atoms with E-state index in [1.165, 1.54) is 13.3 Å². The molecule has 0 fully saturated rings. The van der Waals surface area contributed by atoms with Gasteiger partial charge < -0.3 is 20.4 Å².